The zero-order valence-electron chi connectivity index (χ0n) is 15.7. The van der Waals surface area contributed by atoms with Crippen LogP contribution in [-0.4, -0.2) is 18.0 Å². The van der Waals surface area contributed by atoms with Crippen molar-refractivity contribution in [2.75, 3.05) is 12.4 Å². The van der Waals surface area contributed by atoms with Gasteiger partial charge < -0.3 is 9.47 Å². The molecule has 0 unspecified atom stereocenters. The molecule has 4 aromatic rings. The second-order valence-corrected chi connectivity index (χ2v) is 7.19. The van der Waals surface area contributed by atoms with E-state index in [0.717, 1.165) is 33.0 Å². The molecule has 144 valence electrons. The summed E-state index contributed by atoms with van der Waals surface area (Å²) in [6.45, 7) is 0. The van der Waals surface area contributed by atoms with Gasteiger partial charge in [0.25, 0.3) is 0 Å². The summed E-state index contributed by atoms with van der Waals surface area (Å²) in [7, 11) is 1.62. The van der Waals surface area contributed by atoms with Gasteiger partial charge in [-0.1, -0.05) is 41.7 Å². The molecule has 1 aromatic heterocycles. The number of nitrogens with one attached hydrogen (secondary N) is 1. The number of ether oxygens (including phenoxy) is 2. The molecule has 5 nitrogen and oxygen atoms in total. The van der Waals surface area contributed by atoms with Crippen molar-refractivity contribution in [3.63, 3.8) is 0 Å². The molecule has 1 N–H and O–H groups in total. The van der Waals surface area contributed by atoms with Crippen LogP contribution in [0, 0.1) is 0 Å². The van der Waals surface area contributed by atoms with Gasteiger partial charge in [-0.15, -0.1) is 0 Å². The minimum atomic E-state index is -0.236. The summed E-state index contributed by atoms with van der Waals surface area (Å²) in [4.78, 5) is 16.7. The van der Waals surface area contributed by atoms with Crippen molar-refractivity contribution in [2.24, 2.45) is 0 Å². The third kappa shape index (κ3) is 4.80. The van der Waals surface area contributed by atoms with Crippen LogP contribution in [-0.2, 0) is 4.79 Å². The average Bonchev–Trinajstić information content (AvgIpc) is 3.15. The average molecular weight is 402 g/mol. The van der Waals surface area contributed by atoms with Crippen molar-refractivity contribution < 1.29 is 14.3 Å². The van der Waals surface area contributed by atoms with Gasteiger partial charge in [-0.05, 0) is 48.0 Å². The number of carbonyl (C=O) groups is 1. The van der Waals surface area contributed by atoms with Crippen LogP contribution in [0.4, 0.5) is 5.13 Å². The highest BCUT2D eigenvalue weighted by Gasteiger charge is 2.08. The Morgan fingerprint density at radius 3 is 2.48 bits per heavy atom. The topological polar surface area (TPSA) is 60.5 Å². The largest absolute Gasteiger partial charge is 0.497 e. The number of methoxy groups -OCH3 is 1. The van der Waals surface area contributed by atoms with Crippen LogP contribution in [0.3, 0.4) is 0 Å². The Bertz CT molecular complexity index is 1150. The van der Waals surface area contributed by atoms with Crippen LogP contribution in [0.1, 0.15) is 5.56 Å². The van der Waals surface area contributed by atoms with E-state index in [4.69, 9.17) is 9.47 Å². The molecular formula is C23H18N2O3S. The summed E-state index contributed by atoms with van der Waals surface area (Å²) >= 11 is 1.40. The Morgan fingerprint density at radius 1 is 0.966 bits per heavy atom. The van der Waals surface area contributed by atoms with E-state index in [-0.39, 0.29) is 5.91 Å². The minimum Gasteiger partial charge on any atom is -0.497 e. The van der Waals surface area contributed by atoms with E-state index in [1.807, 2.05) is 72.8 Å². The number of amides is 1. The van der Waals surface area contributed by atoms with Crippen LogP contribution in [0.2, 0.25) is 0 Å². The smallest absolute Gasteiger partial charge is 0.250 e. The number of anilines is 1. The minimum absolute atomic E-state index is 0.236. The van der Waals surface area contributed by atoms with Gasteiger partial charge >= 0.3 is 0 Å². The van der Waals surface area contributed by atoms with Gasteiger partial charge in [-0.25, -0.2) is 4.98 Å². The van der Waals surface area contributed by atoms with E-state index < -0.39 is 0 Å². The van der Waals surface area contributed by atoms with E-state index in [1.165, 1.54) is 17.4 Å². The SMILES string of the molecule is COc1ccc(/C=C/C(=O)Nc2nc3ccc(Oc4ccccc4)cc3s2)cc1. The van der Waals surface area contributed by atoms with Gasteiger partial charge in [0.05, 0.1) is 17.3 Å². The fourth-order valence-electron chi connectivity index (χ4n) is 2.68. The molecule has 3 aromatic carbocycles. The summed E-state index contributed by atoms with van der Waals surface area (Å²) in [5.74, 6) is 2.04. The van der Waals surface area contributed by atoms with Crippen LogP contribution in [0.5, 0.6) is 17.2 Å². The first-order valence-corrected chi connectivity index (χ1v) is 9.78. The predicted molar refractivity (Wildman–Crippen MR) is 117 cm³/mol. The molecule has 0 saturated carbocycles. The van der Waals surface area contributed by atoms with Crippen LogP contribution >= 0.6 is 11.3 Å². The monoisotopic (exact) mass is 402 g/mol. The van der Waals surface area contributed by atoms with Gasteiger partial charge in [0.15, 0.2) is 5.13 Å². The van der Waals surface area contributed by atoms with E-state index in [9.17, 15) is 4.79 Å². The van der Waals surface area contributed by atoms with E-state index in [1.54, 1.807) is 13.2 Å². The van der Waals surface area contributed by atoms with Crippen LogP contribution in [0.25, 0.3) is 16.3 Å². The van der Waals surface area contributed by atoms with Gasteiger partial charge in [-0.2, -0.15) is 0 Å². The number of aromatic nitrogens is 1. The third-order valence-electron chi connectivity index (χ3n) is 4.11. The van der Waals surface area contributed by atoms with Gasteiger partial charge in [0, 0.05) is 12.1 Å². The van der Waals surface area contributed by atoms with Crippen molar-refractivity contribution >= 4 is 38.7 Å². The van der Waals surface area contributed by atoms with Crippen molar-refractivity contribution in [1.29, 1.82) is 0 Å². The lowest BCUT2D eigenvalue weighted by Crippen LogP contribution is -2.07. The van der Waals surface area contributed by atoms with Crippen molar-refractivity contribution in [3.8, 4) is 17.2 Å². The van der Waals surface area contributed by atoms with E-state index in [2.05, 4.69) is 10.3 Å². The molecular weight excluding hydrogens is 384 g/mol. The first-order chi connectivity index (χ1) is 14.2. The molecule has 1 amide bonds. The third-order valence-corrected chi connectivity index (χ3v) is 5.05. The standard InChI is InChI=1S/C23H18N2O3S/c1-27-17-10-7-16(8-11-17)9-14-22(26)25-23-24-20-13-12-19(15-21(20)29-23)28-18-5-3-2-4-6-18/h2-15H,1H3,(H,24,25,26)/b14-9+. The lowest BCUT2D eigenvalue weighted by molar-refractivity contribution is -0.111. The van der Waals surface area contributed by atoms with Crippen LogP contribution < -0.4 is 14.8 Å². The summed E-state index contributed by atoms with van der Waals surface area (Å²) in [5.41, 5.74) is 1.72. The molecule has 0 saturated heterocycles. The predicted octanol–water partition coefficient (Wildman–Crippen LogP) is 5.75. The van der Waals surface area contributed by atoms with Crippen LogP contribution in [0.15, 0.2) is 78.9 Å². The molecule has 1 heterocycles. The molecule has 0 spiro atoms. The van der Waals surface area contributed by atoms with Crippen molar-refractivity contribution in [2.45, 2.75) is 0 Å². The van der Waals surface area contributed by atoms with Gasteiger partial charge in [0.1, 0.15) is 17.2 Å². The maximum Gasteiger partial charge on any atom is 0.250 e. The highest BCUT2D eigenvalue weighted by Crippen LogP contribution is 2.31. The van der Waals surface area contributed by atoms with E-state index >= 15 is 0 Å². The number of thiazole rings is 1. The number of rotatable bonds is 6. The number of hydrogen-bond donors (Lipinski definition) is 1. The Kier molecular flexibility index (Phi) is 5.54. The number of nitrogens with zero attached hydrogens (tertiary/aromatic N) is 1. The number of fused-ring (bicyclic) bond motifs is 1. The van der Waals surface area contributed by atoms with Crippen molar-refractivity contribution in [1.82, 2.24) is 4.98 Å². The number of hydrogen-bond acceptors (Lipinski definition) is 5. The number of carbonyl (C=O) groups excluding carboxylic acids is 1. The Balaban J connectivity index is 1.43. The molecule has 0 radical (unpaired) electrons. The Labute approximate surface area is 172 Å². The zero-order valence-corrected chi connectivity index (χ0v) is 16.5. The molecule has 29 heavy (non-hydrogen) atoms. The second-order valence-electron chi connectivity index (χ2n) is 6.16. The fraction of sp³-hybridized carbons (Fsp3) is 0.0435. The summed E-state index contributed by atoms with van der Waals surface area (Å²) in [6, 6.07) is 22.7. The first kappa shape index (κ1) is 18.7. The molecule has 4 rings (SSSR count). The molecule has 0 aliphatic heterocycles. The molecule has 0 aliphatic rings. The quantitative estimate of drug-likeness (QED) is 0.417. The fourth-order valence-corrected chi connectivity index (χ4v) is 3.58. The summed E-state index contributed by atoms with van der Waals surface area (Å²) in [6.07, 6.45) is 3.23. The highest BCUT2D eigenvalue weighted by atomic mass is 32.1. The van der Waals surface area contributed by atoms with E-state index in [0.29, 0.717) is 5.13 Å². The first-order valence-electron chi connectivity index (χ1n) is 8.96. The normalized spacial score (nSPS) is 10.9. The maximum atomic E-state index is 12.2. The lowest BCUT2D eigenvalue weighted by Gasteiger charge is -2.04. The number of benzene rings is 3. The summed E-state index contributed by atoms with van der Waals surface area (Å²) in [5, 5.41) is 3.35. The molecule has 0 atom stereocenters. The van der Waals surface area contributed by atoms with Gasteiger partial charge in [0.2, 0.25) is 5.91 Å². The number of para-hydroxylation sites is 1. The molecule has 0 bridgehead atoms. The Morgan fingerprint density at radius 2 is 1.72 bits per heavy atom. The zero-order chi connectivity index (χ0) is 20.1. The molecule has 6 heteroatoms. The lowest BCUT2D eigenvalue weighted by atomic mass is 10.2. The Hall–Kier alpha value is -3.64. The highest BCUT2D eigenvalue weighted by molar-refractivity contribution is 7.22. The molecule has 0 aliphatic carbocycles. The second kappa shape index (κ2) is 8.58. The summed E-state index contributed by atoms with van der Waals surface area (Å²) < 4.78 is 11.9. The van der Waals surface area contributed by atoms with Gasteiger partial charge in [-0.3, -0.25) is 10.1 Å². The van der Waals surface area contributed by atoms with Crippen molar-refractivity contribution in [3.05, 3.63) is 84.4 Å². The molecule has 0 fully saturated rings. The maximum absolute atomic E-state index is 12.2.